The van der Waals surface area contributed by atoms with Gasteiger partial charge in [0.05, 0.1) is 11.8 Å². The molecule has 1 aromatic heterocycles. The second kappa shape index (κ2) is 5.53. The van der Waals surface area contributed by atoms with Gasteiger partial charge in [-0.2, -0.15) is 5.10 Å². The Hall–Kier alpha value is -1.32. The SMILES string of the molecule is CCC(CC)CNC(=O)c1cn[nH]c1C. The number of hydrogen-bond acceptors (Lipinski definition) is 2. The molecule has 0 radical (unpaired) electrons. The maximum atomic E-state index is 11.7. The molecule has 2 N–H and O–H groups in total. The first-order valence-corrected chi connectivity index (χ1v) is 5.47. The highest BCUT2D eigenvalue weighted by Crippen LogP contribution is 2.07. The summed E-state index contributed by atoms with van der Waals surface area (Å²) in [4.78, 5) is 11.7. The summed E-state index contributed by atoms with van der Waals surface area (Å²) in [5, 5.41) is 9.51. The van der Waals surface area contributed by atoms with Crippen molar-refractivity contribution in [3.63, 3.8) is 0 Å². The molecule has 0 unspecified atom stereocenters. The van der Waals surface area contributed by atoms with Crippen LogP contribution >= 0.6 is 0 Å². The molecular formula is C11H19N3O. The fourth-order valence-electron chi connectivity index (χ4n) is 1.49. The predicted octanol–water partition coefficient (Wildman–Crippen LogP) is 1.88. The van der Waals surface area contributed by atoms with Gasteiger partial charge in [-0.15, -0.1) is 0 Å². The van der Waals surface area contributed by atoms with Crippen LogP contribution in [-0.4, -0.2) is 22.6 Å². The van der Waals surface area contributed by atoms with Gasteiger partial charge in [-0.3, -0.25) is 9.89 Å². The van der Waals surface area contributed by atoms with Crippen LogP contribution in [0.4, 0.5) is 0 Å². The highest BCUT2D eigenvalue weighted by Gasteiger charge is 2.11. The van der Waals surface area contributed by atoms with Gasteiger partial charge in [-0.25, -0.2) is 0 Å². The van der Waals surface area contributed by atoms with Crippen LogP contribution in [0, 0.1) is 12.8 Å². The van der Waals surface area contributed by atoms with E-state index < -0.39 is 0 Å². The lowest BCUT2D eigenvalue weighted by atomic mass is 10.0. The van der Waals surface area contributed by atoms with Crippen LogP contribution in [-0.2, 0) is 0 Å². The number of carbonyl (C=O) groups excluding carboxylic acids is 1. The predicted molar refractivity (Wildman–Crippen MR) is 59.7 cm³/mol. The van der Waals surface area contributed by atoms with Crippen molar-refractivity contribution in [1.29, 1.82) is 0 Å². The summed E-state index contributed by atoms with van der Waals surface area (Å²) in [7, 11) is 0. The Morgan fingerprint density at radius 1 is 1.53 bits per heavy atom. The van der Waals surface area contributed by atoms with Crippen LogP contribution < -0.4 is 5.32 Å². The van der Waals surface area contributed by atoms with Crippen molar-refractivity contribution < 1.29 is 4.79 Å². The molecule has 15 heavy (non-hydrogen) atoms. The standard InChI is InChI=1S/C11H19N3O/c1-4-9(5-2)6-12-11(15)10-7-13-14-8(10)3/h7,9H,4-6H2,1-3H3,(H,12,15)(H,13,14). The number of hydrogen-bond donors (Lipinski definition) is 2. The molecule has 0 aliphatic rings. The first-order chi connectivity index (χ1) is 7.19. The second-order valence-electron chi connectivity index (χ2n) is 3.80. The van der Waals surface area contributed by atoms with Crippen molar-refractivity contribution in [2.24, 2.45) is 5.92 Å². The molecule has 0 aliphatic carbocycles. The molecule has 1 rings (SSSR count). The Morgan fingerprint density at radius 3 is 2.67 bits per heavy atom. The zero-order valence-corrected chi connectivity index (χ0v) is 9.63. The molecule has 1 aromatic rings. The largest absolute Gasteiger partial charge is 0.352 e. The third-order valence-corrected chi connectivity index (χ3v) is 2.78. The maximum Gasteiger partial charge on any atom is 0.254 e. The zero-order chi connectivity index (χ0) is 11.3. The third-order valence-electron chi connectivity index (χ3n) is 2.78. The molecular weight excluding hydrogens is 190 g/mol. The number of carbonyl (C=O) groups is 1. The van der Waals surface area contributed by atoms with Crippen molar-refractivity contribution in [2.45, 2.75) is 33.6 Å². The van der Waals surface area contributed by atoms with E-state index in [2.05, 4.69) is 29.4 Å². The lowest BCUT2D eigenvalue weighted by Crippen LogP contribution is -2.29. The number of nitrogens with zero attached hydrogens (tertiary/aromatic N) is 1. The van der Waals surface area contributed by atoms with Crippen molar-refractivity contribution in [2.75, 3.05) is 6.54 Å². The van der Waals surface area contributed by atoms with E-state index in [9.17, 15) is 4.79 Å². The number of aromatic amines is 1. The highest BCUT2D eigenvalue weighted by atomic mass is 16.1. The number of aromatic nitrogens is 2. The quantitative estimate of drug-likeness (QED) is 0.778. The first-order valence-electron chi connectivity index (χ1n) is 5.47. The molecule has 0 spiro atoms. The average molecular weight is 209 g/mol. The van der Waals surface area contributed by atoms with E-state index >= 15 is 0 Å². The summed E-state index contributed by atoms with van der Waals surface area (Å²) in [6, 6.07) is 0. The highest BCUT2D eigenvalue weighted by molar-refractivity contribution is 5.94. The van der Waals surface area contributed by atoms with E-state index in [0.29, 0.717) is 11.5 Å². The summed E-state index contributed by atoms with van der Waals surface area (Å²) in [5.41, 5.74) is 1.46. The summed E-state index contributed by atoms with van der Waals surface area (Å²) in [6.45, 7) is 6.88. The van der Waals surface area contributed by atoms with Crippen LogP contribution in [0.3, 0.4) is 0 Å². The van der Waals surface area contributed by atoms with Gasteiger partial charge in [0, 0.05) is 12.2 Å². The van der Waals surface area contributed by atoms with Crippen LogP contribution in [0.1, 0.15) is 42.7 Å². The molecule has 0 atom stereocenters. The number of nitrogens with one attached hydrogen (secondary N) is 2. The van der Waals surface area contributed by atoms with Crippen LogP contribution in [0.2, 0.25) is 0 Å². The Kier molecular flexibility index (Phi) is 4.34. The minimum Gasteiger partial charge on any atom is -0.352 e. The molecule has 0 saturated carbocycles. The van der Waals surface area contributed by atoms with Gasteiger partial charge in [0.2, 0.25) is 0 Å². The van der Waals surface area contributed by atoms with Crippen molar-refractivity contribution >= 4 is 5.91 Å². The molecule has 84 valence electrons. The minimum absolute atomic E-state index is 0.0341. The van der Waals surface area contributed by atoms with E-state index in [1.165, 1.54) is 0 Å². The van der Waals surface area contributed by atoms with Gasteiger partial charge in [-0.1, -0.05) is 26.7 Å². The van der Waals surface area contributed by atoms with E-state index in [0.717, 1.165) is 25.1 Å². The Bertz CT molecular complexity index is 315. The van der Waals surface area contributed by atoms with Gasteiger partial charge in [0.15, 0.2) is 0 Å². The smallest absolute Gasteiger partial charge is 0.254 e. The summed E-state index contributed by atoms with van der Waals surface area (Å²) < 4.78 is 0. The van der Waals surface area contributed by atoms with Gasteiger partial charge in [-0.05, 0) is 12.8 Å². The van der Waals surface area contributed by atoms with Crippen molar-refractivity contribution in [1.82, 2.24) is 15.5 Å². The van der Waals surface area contributed by atoms with Crippen LogP contribution in [0.25, 0.3) is 0 Å². The lowest BCUT2D eigenvalue weighted by molar-refractivity contribution is 0.0946. The molecule has 0 fully saturated rings. The Balaban J connectivity index is 2.47. The van der Waals surface area contributed by atoms with E-state index in [-0.39, 0.29) is 5.91 Å². The third kappa shape index (κ3) is 3.08. The summed E-state index contributed by atoms with van der Waals surface area (Å²) in [5.74, 6) is 0.536. The van der Waals surface area contributed by atoms with Crippen molar-refractivity contribution in [3.8, 4) is 0 Å². The fraction of sp³-hybridized carbons (Fsp3) is 0.636. The monoisotopic (exact) mass is 209 g/mol. The zero-order valence-electron chi connectivity index (χ0n) is 9.63. The molecule has 0 saturated heterocycles. The van der Waals surface area contributed by atoms with Gasteiger partial charge in [0.1, 0.15) is 0 Å². The lowest BCUT2D eigenvalue weighted by Gasteiger charge is -2.12. The molecule has 0 aromatic carbocycles. The number of rotatable bonds is 5. The molecule has 4 nitrogen and oxygen atoms in total. The first kappa shape index (κ1) is 11.8. The van der Waals surface area contributed by atoms with Crippen LogP contribution in [0.5, 0.6) is 0 Å². The average Bonchev–Trinajstić information content (AvgIpc) is 2.66. The Labute approximate surface area is 90.5 Å². The molecule has 4 heteroatoms. The Morgan fingerprint density at radius 2 is 2.20 bits per heavy atom. The molecule has 0 bridgehead atoms. The molecule has 1 amide bonds. The van der Waals surface area contributed by atoms with E-state index in [1.54, 1.807) is 6.20 Å². The minimum atomic E-state index is -0.0341. The summed E-state index contributed by atoms with van der Waals surface area (Å²) in [6.07, 6.45) is 3.76. The van der Waals surface area contributed by atoms with Gasteiger partial charge < -0.3 is 5.32 Å². The van der Waals surface area contributed by atoms with Gasteiger partial charge >= 0.3 is 0 Å². The van der Waals surface area contributed by atoms with E-state index in [1.807, 2.05) is 6.92 Å². The van der Waals surface area contributed by atoms with Crippen LogP contribution in [0.15, 0.2) is 6.20 Å². The fourth-order valence-corrected chi connectivity index (χ4v) is 1.49. The topological polar surface area (TPSA) is 57.8 Å². The van der Waals surface area contributed by atoms with Gasteiger partial charge in [0.25, 0.3) is 5.91 Å². The number of amides is 1. The normalized spacial score (nSPS) is 10.7. The molecule has 0 aliphatic heterocycles. The summed E-state index contributed by atoms with van der Waals surface area (Å²) >= 11 is 0. The number of H-pyrrole nitrogens is 1. The maximum absolute atomic E-state index is 11.7. The van der Waals surface area contributed by atoms with Crippen molar-refractivity contribution in [3.05, 3.63) is 17.5 Å². The molecule has 1 heterocycles. The second-order valence-corrected chi connectivity index (χ2v) is 3.80. The number of aryl methyl sites for hydroxylation is 1. The van der Waals surface area contributed by atoms with E-state index in [4.69, 9.17) is 0 Å².